The largest absolute Gasteiger partial charge is 0.496 e. The maximum absolute atomic E-state index is 12.3. The highest BCUT2D eigenvalue weighted by molar-refractivity contribution is 9.10. The quantitative estimate of drug-likeness (QED) is 0.920. The average Bonchev–Trinajstić information content (AvgIpc) is 2.47. The minimum absolute atomic E-state index is 0.119. The zero-order chi connectivity index (χ0) is 15.4. The van der Waals surface area contributed by atoms with Crippen molar-refractivity contribution in [3.05, 3.63) is 62.5 Å². The molecule has 0 saturated heterocycles. The highest BCUT2D eigenvalue weighted by Crippen LogP contribution is 2.24. The van der Waals surface area contributed by atoms with E-state index in [0.29, 0.717) is 12.3 Å². The fraction of sp³-hybridized carbons (Fsp3) is 0.200. The summed E-state index contributed by atoms with van der Waals surface area (Å²) in [6.45, 7) is 0.343. The first kappa shape index (κ1) is 15.3. The number of carbonyl (C=O) groups is 1. The number of ether oxygens (including phenoxy) is 1. The molecular formula is C15H15BrN2O3. The first-order valence-electron chi connectivity index (χ1n) is 6.28. The van der Waals surface area contributed by atoms with Crippen LogP contribution in [-0.2, 0) is 6.54 Å². The summed E-state index contributed by atoms with van der Waals surface area (Å²) in [4.78, 5) is 28.2. The first-order valence-corrected chi connectivity index (χ1v) is 7.07. The minimum atomic E-state index is -0.334. The molecule has 6 heteroatoms. The molecule has 0 fully saturated rings. The molecule has 0 aliphatic rings. The Morgan fingerprint density at radius 3 is 2.81 bits per heavy atom. The molecule has 0 radical (unpaired) electrons. The number of amides is 1. The molecule has 5 nitrogen and oxygen atoms in total. The Balaban J connectivity index is 2.24. The third kappa shape index (κ3) is 3.52. The van der Waals surface area contributed by atoms with Crippen LogP contribution in [0.2, 0.25) is 0 Å². The number of nitrogens with zero attached hydrogens (tertiary/aromatic N) is 1. The van der Waals surface area contributed by atoms with Gasteiger partial charge in [-0.2, -0.15) is 0 Å². The lowest BCUT2D eigenvalue weighted by molar-refractivity contribution is 0.0782. The van der Waals surface area contributed by atoms with Crippen molar-refractivity contribution < 1.29 is 9.53 Å². The summed E-state index contributed by atoms with van der Waals surface area (Å²) in [5, 5.41) is 0. The Hall–Kier alpha value is -2.08. The number of H-pyrrole nitrogens is 1. The van der Waals surface area contributed by atoms with Gasteiger partial charge in [0.05, 0.1) is 7.11 Å². The summed E-state index contributed by atoms with van der Waals surface area (Å²) >= 11 is 3.39. The summed E-state index contributed by atoms with van der Waals surface area (Å²) in [5.41, 5.74) is 0.677. The van der Waals surface area contributed by atoms with Crippen LogP contribution in [0.25, 0.3) is 0 Å². The number of aromatic amines is 1. The Kier molecular flexibility index (Phi) is 4.80. The first-order chi connectivity index (χ1) is 10.0. The Morgan fingerprint density at radius 2 is 2.14 bits per heavy atom. The molecule has 1 aromatic carbocycles. The molecule has 0 bridgehead atoms. The topological polar surface area (TPSA) is 62.4 Å². The van der Waals surface area contributed by atoms with Crippen LogP contribution < -0.4 is 10.2 Å². The summed E-state index contributed by atoms with van der Waals surface area (Å²) in [6.07, 6.45) is 2.91. The summed E-state index contributed by atoms with van der Waals surface area (Å²) in [5.74, 6) is 0.360. The zero-order valence-electron chi connectivity index (χ0n) is 11.7. The van der Waals surface area contributed by atoms with Crippen LogP contribution in [0, 0.1) is 0 Å². The molecule has 2 rings (SSSR count). The molecule has 110 valence electrons. The molecule has 0 spiro atoms. The number of nitrogens with one attached hydrogen (secondary N) is 1. The molecule has 1 aromatic heterocycles. The number of carbonyl (C=O) groups excluding carboxylic acids is 1. The fourth-order valence-electron chi connectivity index (χ4n) is 1.99. The molecule has 1 N–H and O–H groups in total. The fourth-order valence-corrected chi connectivity index (χ4v) is 2.40. The van der Waals surface area contributed by atoms with E-state index in [1.165, 1.54) is 23.4 Å². The van der Waals surface area contributed by atoms with Crippen molar-refractivity contribution >= 4 is 21.8 Å². The van der Waals surface area contributed by atoms with Gasteiger partial charge >= 0.3 is 0 Å². The van der Waals surface area contributed by atoms with Crippen LogP contribution in [0.5, 0.6) is 5.75 Å². The second-order valence-corrected chi connectivity index (χ2v) is 5.46. The maximum Gasteiger partial charge on any atom is 0.259 e. The molecule has 0 aliphatic carbocycles. The third-order valence-electron chi connectivity index (χ3n) is 3.05. The van der Waals surface area contributed by atoms with Gasteiger partial charge in [-0.3, -0.25) is 9.59 Å². The molecule has 2 aromatic rings. The van der Waals surface area contributed by atoms with Gasteiger partial charge in [0.25, 0.3) is 5.91 Å². The number of hydrogen-bond donors (Lipinski definition) is 1. The van der Waals surface area contributed by atoms with E-state index in [9.17, 15) is 9.59 Å². The van der Waals surface area contributed by atoms with Crippen molar-refractivity contribution in [1.29, 1.82) is 0 Å². The summed E-state index contributed by atoms with van der Waals surface area (Å²) in [6, 6.07) is 6.91. The van der Waals surface area contributed by atoms with E-state index in [4.69, 9.17) is 4.74 Å². The Bertz CT molecular complexity index is 712. The number of methoxy groups -OCH3 is 1. The van der Waals surface area contributed by atoms with Gasteiger partial charge in [-0.1, -0.05) is 15.9 Å². The van der Waals surface area contributed by atoms with Crippen molar-refractivity contribution in [2.45, 2.75) is 6.54 Å². The van der Waals surface area contributed by atoms with Gasteiger partial charge in [-0.05, 0) is 18.2 Å². The molecule has 21 heavy (non-hydrogen) atoms. The van der Waals surface area contributed by atoms with Gasteiger partial charge in [-0.25, -0.2) is 0 Å². The molecule has 0 unspecified atom stereocenters. The predicted molar refractivity (Wildman–Crippen MR) is 83.6 cm³/mol. The predicted octanol–water partition coefficient (Wildman–Crippen LogP) is 2.42. The van der Waals surface area contributed by atoms with E-state index in [2.05, 4.69) is 20.9 Å². The molecular weight excluding hydrogens is 336 g/mol. The number of benzene rings is 1. The van der Waals surface area contributed by atoms with Crippen molar-refractivity contribution in [3.8, 4) is 5.75 Å². The monoisotopic (exact) mass is 350 g/mol. The molecule has 0 saturated carbocycles. The summed E-state index contributed by atoms with van der Waals surface area (Å²) in [7, 11) is 3.23. The molecule has 1 amide bonds. The lowest BCUT2D eigenvalue weighted by Crippen LogP contribution is -2.30. The van der Waals surface area contributed by atoms with Crippen LogP contribution in [0.3, 0.4) is 0 Å². The van der Waals surface area contributed by atoms with Gasteiger partial charge in [-0.15, -0.1) is 0 Å². The third-order valence-corrected chi connectivity index (χ3v) is 3.54. The highest BCUT2D eigenvalue weighted by atomic mass is 79.9. The Morgan fingerprint density at radius 1 is 1.38 bits per heavy atom. The number of halogens is 1. The second kappa shape index (κ2) is 6.58. The van der Waals surface area contributed by atoms with E-state index >= 15 is 0 Å². The van der Waals surface area contributed by atoms with Crippen LogP contribution in [0.1, 0.15) is 15.9 Å². The van der Waals surface area contributed by atoms with Crippen molar-refractivity contribution in [2.24, 2.45) is 0 Å². The standard InChI is InChI=1S/C15H15BrN2O3/c1-18(15(20)12-8-17-6-5-13(12)19)9-10-7-11(16)3-4-14(10)21-2/h3-8H,9H2,1-2H3,(H,17,19). The van der Waals surface area contributed by atoms with Crippen LogP contribution in [0.4, 0.5) is 0 Å². The lowest BCUT2D eigenvalue weighted by atomic mass is 10.1. The van der Waals surface area contributed by atoms with Crippen LogP contribution in [0.15, 0.2) is 45.9 Å². The van der Waals surface area contributed by atoms with Gasteiger partial charge in [0.1, 0.15) is 11.3 Å². The average molecular weight is 351 g/mol. The van der Waals surface area contributed by atoms with Crippen molar-refractivity contribution in [2.75, 3.05) is 14.2 Å². The van der Waals surface area contributed by atoms with E-state index in [0.717, 1.165) is 10.0 Å². The van der Waals surface area contributed by atoms with E-state index in [1.807, 2.05) is 18.2 Å². The van der Waals surface area contributed by atoms with E-state index in [1.54, 1.807) is 14.2 Å². The van der Waals surface area contributed by atoms with Crippen molar-refractivity contribution in [3.63, 3.8) is 0 Å². The normalized spacial score (nSPS) is 10.2. The smallest absolute Gasteiger partial charge is 0.259 e. The van der Waals surface area contributed by atoms with Gasteiger partial charge in [0, 0.05) is 42.1 Å². The second-order valence-electron chi connectivity index (χ2n) is 4.54. The Labute approximate surface area is 130 Å². The number of pyridine rings is 1. The highest BCUT2D eigenvalue weighted by Gasteiger charge is 2.16. The SMILES string of the molecule is COc1ccc(Br)cc1CN(C)C(=O)c1c[nH]ccc1=O. The van der Waals surface area contributed by atoms with Gasteiger partial charge in [0.2, 0.25) is 0 Å². The molecule has 0 aliphatic heterocycles. The zero-order valence-corrected chi connectivity index (χ0v) is 13.3. The number of hydrogen-bond acceptors (Lipinski definition) is 3. The van der Waals surface area contributed by atoms with Crippen LogP contribution >= 0.6 is 15.9 Å². The minimum Gasteiger partial charge on any atom is -0.496 e. The van der Waals surface area contributed by atoms with Gasteiger partial charge in [0.15, 0.2) is 5.43 Å². The molecule has 0 atom stereocenters. The number of aromatic nitrogens is 1. The maximum atomic E-state index is 12.3. The van der Waals surface area contributed by atoms with E-state index in [-0.39, 0.29) is 16.9 Å². The lowest BCUT2D eigenvalue weighted by Gasteiger charge is -2.18. The number of rotatable bonds is 4. The molecule has 1 heterocycles. The van der Waals surface area contributed by atoms with Crippen LogP contribution in [-0.4, -0.2) is 29.9 Å². The van der Waals surface area contributed by atoms with Gasteiger partial charge < -0.3 is 14.6 Å². The van der Waals surface area contributed by atoms with E-state index < -0.39 is 0 Å². The van der Waals surface area contributed by atoms with Crippen molar-refractivity contribution in [1.82, 2.24) is 9.88 Å². The summed E-state index contributed by atoms with van der Waals surface area (Å²) < 4.78 is 6.18.